The Labute approximate surface area is 341 Å². The van der Waals surface area contributed by atoms with Gasteiger partial charge in [0.05, 0.1) is 40.1 Å². The van der Waals surface area contributed by atoms with Gasteiger partial charge in [0.25, 0.3) is 5.91 Å². The van der Waals surface area contributed by atoms with Crippen molar-refractivity contribution in [3.05, 3.63) is 92.7 Å². The second kappa shape index (κ2) is 15.8. The Morgan fingerprint density at radius 3 is 2.53 bits per heavy atom. The zero-order chi connectivity index (χ0) is 40.1. The van der Waals surface area contributed by atoms with Crippen LogP contribution in [0.15, 0.2) is 48.7 Å². The lowest BCUT2D eigenvalue weighted by atomic mass is 9.80. The van der Waals surface area contributed by atoms with Gasteiger partial charge in [0, 0.05) is 80.8 Å². The highest BCUT2D eigenvalue weighted by molar-refractivity contribution is 6.39. The molecule has 0 radical (unpaired) electrons. The van der Waals surface area contributed by atoms with E-state index in [9.17, 15) is 19.8 Å². The van der Waals surface area contributed by atoms with Gasteiger partial charge in [-0.15, -0.1) is 0 Å². The number of rotatable bonds is 12. The quantitative estimate of drug-likeness (QED) is 0.131. The number of hydrogen-bond acceptors (Lipinski definition) is 8. The van der Waals surface area contributed by atoms with Crippen LogP contribution >= 0.6 is 23.2 Å². The van der Waals surface area contributed by atoms with E-state index in [1.54, 1.807) is 48.7 Å². The molecule has 2 aromatic heterocycles. The van der Waals surface area contributed by atoms with Gasteiger partial charge in [0.15, 0.2) is 5.82 Å². The number of carbonyl (C=O) groups is 2. The average molecular weight is 818 g/mol. The number of halogens is 3. The molecule has 8 rings (SSSR count). The summed E-state index contributed by atoms with van der Waals surface area (Å²) < 4.78 is 23.2. The third kappa shape index (κ3) is 7.70. The number of imidazole rings is 1. The fraction of sp³-hybridized carbons (Fsp3) is 0.442. The molecule has 2 aliphatic carbocycles. The molecule has 4 heterocycles. The fourth-order valence-electron chi connectivity index (χ4n) is 9.53. The number of β-amino-alcohol motifs (C(OH)–C–C–N with tert-alkyl or cyclic N) is 1. The van der Waals surface area contributed by atoms with Gasteiger partial charge in [-0.1, -0.05) is 53.5 Å². The van der Waals surface area contributed by atoms with Gasteiger partial charge in [0.1, 0.15) is 17.3 Å². The molecule has 3 fully saturated rings. The van der Waals surface area contributed by atoms with Crippen LogP contribution in [0.25, 0.3) is 23.0 Å². The number of methoxy groups -OCH3 is 1. The zero-order valence-electron chi connectivity index (χ0n) is 32.2. The van der Waals surface area contributed by atoms with Crippen molar-refractivity contribution in [2.45, 2.75) is 70.6 Å². The van der Waals surface area contributed by atoms with Crippen LogP contribution in [0.4, 0.5) is 10.1 Å². The number of nitrogens with one attached hydrogen (secondary N) is 1. The van der Waals surface area contributed by atoms with E-state index in [0.29, 0.717) is 54.2 Å². The molecule has 2 aliphatic heterocycles. The number of hydrogen-bond donors (Lipinski definition) is 3. The predicted molar refractivity (Wildman–Crippen MR) is 218 cm³/mol. The number of carboxylic acid groups (broad SMARTS) is 1. The van der Waals surface area contributed by atoms with Crippen LogP contribution in [0.5, 0.6) is 5.75 Å². The van der Waals surface area contributed by atoms with E-state index in [1.165, 1.54) is 13.2 Å². The highest BCUT2D eigenvalue weighted by Crippen LogP contribution is 2.63. The van der Waals surface area contributed by atoms with Crippen LogP contribution in [0.3, 0.4) is 0 Å². The number of fused-ring (bicyclic) bond motifs is 3. The van der Waals surface area contributed by atoms with Crippen molar-refractivity contribution in [1.82, 2.24) is 24.3 Å². The van der Waals surface area contributed by atoms with Crippen molar-refractivity contribution in [2.24, 2.45) is 17.9 Å². The van der Waals surface area contributed by atoms with Crippen molar-refractivity contribution in [3.8, 4) is 16.9 Å². The minimum Gasteiger partial charge on any atom is -0.496 e. The molecule has 1 saturated heterocycles. The zero-order valence-corrected chi connectivity index (χ0v) is 33.7. The first-order chi connectivity index (χ1) is 27.4. The maximum Gasteiger partial charge on any atom is 0.309 e. The summed E-state index contributed by atoms with van der Waals surface area (Å²) in [6.07, 6.45) is 9.35. The van der Waals surface area contributed by atoms with Crippen molar-refractivity contribution >= 4 is 52.7 Å². The number of carboxylic acids is 1. The molecule has 11 nitrogen and oxygen atoms in total. The van der Waals surface area contributed by atoms with E-state index in [2.05, 4.69) is 20.1 Å². The smallest absolute Gasteiger partial charge is 0.309 e. The molecule has 1 atom stereocenters. The highest BCUT2D eigenvalue weighted by atomic mass is 35.5. The predicted octanol–water partition coefficient (Wildman–Crippen LogP) is 7.87. The summed E-state index contributed by atoms with van der Waals surface area (Å²) in [7, 11) is 3.39. The number of anilines is 1. The number of carbonyl (C=O) groups excluding carboxylic acids is 1. The summed E-state index contributed by atoms with van der Waals surface area (Å²) in [6.45, 7) is 4.24. The summed E-state index contributed by atoms with van der Waals surface area (Å²) in [5.74, 6) is -0.840. The largest absolute Gasteiger partial charge is 0.496 e. The molecule has 2 saturated carbocycles. The maximum atomic E-state index is 15.7. The summed E-state index contributed by atoms with van der Waals surface area (Å²) in [4.78, 5) is 39.3. The number of benzene rings is 2. The van der Waals surface area contributed by atoms with Gasteiger partial charge in [-0.3, -0.25) is 24.4 Å². The van der Waals surface area contributed by atoms with Crippen molar-refractivity contribution in [1.29, 1.82) is 0 Å². The molecule has 4 aliphatic rings. The lowest BCUT2D eigenvalue weighted by molar-refractivity contribution is -0.148. The molecule has 0 spiro atoms. The maximum absolute atomic E-state index is 15.7. The number of pyridine rings is 1. The summed E-state index contributed by atoms with van der Waals surface area (Å²) in [5, 5.41) is 23.2. The first kappa shape index (κ1) is 39.5. The Balaban J connectivity index is 0.949. The number of nitrogens with zero attached hydrogens (tertiary/aromatic N) is 5. The molecule has 0 unspecified atom stereocenters. The lowest BCUT2D eigenvalue weighted by Gasteiger charge is -2.32. The molecule has 3 N–H and O–H groups in total. The minimum absolute atomic E-state index is 0.0935. The van der Waals surface area contributed by atoms with Gasteiger partial charge >= 0.3 is 5.97 Å². The number of aliphatic carboxylic acids is 1. The van der Waals surface area contributed by atoms with Crippen molar-refractivity contribution in [3.63, 3.8) is 0 Å². The van der Waals surface area contributed by atoms with E-state index in [1.807, 2.05) is 11.6 Å². The third-order valence-electron chi connectivity index (χ3n) is 12.8. The second-order valence-corrected chi connectivity index (χ2v) is 17.1. The first-order valence-corrected chi connectivity index (χ1v) is 20.3. The van der Waals surface area contributed by atoms with E-state index in [4.69, 9.17) is 32.9 Å². The molecule has 14 heteroatoms. The van der Waals surface area contributed by atoms with Gasteiger partial charge in [-0.2, -0.15) is 0 Å². The highest BCUT2D eigenvalue weighted by Gasteiger charge is 2.57. The Morgan fingerprint density at radius 1 is 1.07 bits per heavy atom. The third-order valence-corrected chi connectivity index (χ3v) is 13.7. The first-order valence-electron chi connectivity index (χ1n) is 19.6. The molecule has 2 bridgehead atoms. The summed E-state index contributed by atoms with van der Waals surface area (Å²) in [6, 6.07) is 12.1. The van der Waals surface area contributed by atoms with Crippen LogP contribution in [0, 0.1) is 10.8 Å². The average Bonchev–Trinajstić information content (AvgIpc) is 3.98. The van der Waals surface area contributed by atoms with Crippen LogP contribution in [0.2, 0.25) is 10.0 Å². The number of amides is 1. The summed E-state index contributed by atoms with van der Waals surface area (Å²) in [5.41, 5.74) is 4.32. The fourth-order valence-corrected chi connectivity index (χ4v) is 10.1. The van der Waals surface area contributed by atoms with E-state index >= 15 is 4.39 Å². The van der Waals surface area contributed by atoms with E-state index < -0.39 is 23.1 Å². The topological polar surface area (TPSA) is 133 Å². The normalized spacial score (nSPS) is 23.5. The van der Waals surface area contributed by atoms with E-state index in [-0.39, 0.29) is 33.1 Å². The van der Waals surface area contributed by atoms with Crippen LogP contribution in [0.1, 0.15) is 83.8 Å². The molecule has 4 aromatic rings. The number of likely N-dealkylation sites (tertiary alicyclic amines) is 1. The second-order valence-electron chi connectivity index (χ2n) is 16.3. The Kier molecular flexibility index (Phi) is 10.9. The van der Waals surface area contributed by atoms with Gasteiger partial charge in [-0.25, -0.2) is 9.37 Å². The van der Waals surface area contributed by atoms with Gasteiger partial charge < -0.3 is 24.8 Å². The van der Waals surface area contributed by atoms with Crippen LogP contribution in [-0.2, 0) is 31.4 Å². The Hall–Kier alpha value is -4.33. The molecule has 57 heavy (non-hydrogen) atoms. The standard InChI is InChI=1S/C43H47Cl2FN6O5/c1-50-35-10-17-51(18-15-42-11-13-43(25-42,14-12-42)41(55)56)24-34(35)48-39(50)40(54)49-32-8-4-7-30(38(32)45)29-6-3-5-26(37(29)44)19-31(46)33-20-36(57-2)27(21-47-33)22-52-16-9-28(53)23-52/h3-8,19-21,28,53H,9-18,22-25H2,1-2H3,(H,49,54)(H,55,56)/b31-19-/t28-,42?,43?/m1/s1. The van der Waals surface area contributed by atoms with Crippen LogP contribution < -0.4 is 10.1 Å². The number of ether oxygens (including phenoxy) is 1. The molecule has 2 aromatic carbocycles. The monoisotopic (exact) mass is 816 g/mol. The number of aliphatic hydroxyl groups excluding tert-OH is 1. The minimum atomic E-state index is -0.635. The molecular formula is C43H47Cl2FN6O5. The van der Waals surface area contributed by atoms with Crippen molar-refractivity contribution < 1.29 is 28.9 Å². The Morgan fingerprint density at radius 2 is 1.82 bits per heavy atom. The Bertz CT molecular complexity index is 2250. The lowest BCUT2D eigenvalue weighted by Crippen LogP contribution is -2.34. The van der Waals surface area contributed by atoms with Gasteiger partial charge in [0.2, 0.25) is 0 Å². The van der Waals surface area contributed by atoms with Gasteiger partial charge in [-0.05, 0) is 74.6 Å². The molecule has 300 valence electrons. The summed E-state index contributed by atoms with van der Waals surface area (Å²) >= 11 is 13.9. The molecule has 1 amide bonds. The van der Waals surface area contributed by atoms with E-state index in [0.717, 1.165) is 81.5 Å². The van der Waals surface area contributed by atoms with Crippen LogP contribution in [-0.4, -0.2) is 85.8 Å². The molecular weight excluding hydrogens is 770 g/mol. The number of aliphatic hydroxyl groups is 1. The van der Waals surface area contributed by atoms with Crippen molar-refractivity contribution in [2.75, 3.05) is 38.6 Å². The SMILES string of the molecule is COc1cc(/C(F)=C/c2cccc(-c3cccc(NC(=O)c4nc5c(n4C)CCN(CCC46CCC(C(=O)O)(CC4)C6)C5)c3Cl)c2Cl)ncc1CN1CC[C@@H](O)C1. The number of aromatic nitrogens is 3.